The highest BCUT2D eigenvalue weighted by atomic mass is 32.2. The molecule has 0 aromatic carbocycles. The van der Waals surface area contributed by atoms with E-state index in [0.29, 0.717) is 0 Å². The summed E-state index contributed by atoms with van der Waals surface area (Å²) in [6, 6.07) is 0. The van der Waals surface area contributed by atoms with Crippen molar-refractivity contribution in [2.45, 2.75) is 12.1 Å². The van der Waals surface area contributed by atoms with Crippen LogP contribution in [-0.2, 0) is 0 Å². The topological polar surface area (TPSA) is 38.7 Å². The summed E-state index contributed by atoms with van der Waals surface area (Å²) in [7, 11) is 0. The molecule has 0 bridgehead atoms. The van der Waals surface area contributed by atoms with Crippen molar-refractivity contribution in [1.29, 1.82) is 0 Å². The lowest BCUT2D eigenvalue weighted by Gasteiger charge is -2.00. The standard InChI is InChI=1S/C9H9N3S/c1-6-3-10-5-8-7(6)4-11-9(12-8)13-2/h3-5H,1-2H3. The maximum atomic E-state index is 4.34. The Morgan fingerprint density at radius 2 is 2.08 bits per heavy atom. The molecule has 0 radical (unpaired) electrons. The molecule has 0 saturated carbocycles. The molecule has 4 heteroatoms. The minimum atomic E-state index is 0.792. The normalized spacial score (nSPS) is 10.6. The molecular weight excluding hydrogens is 182 g/mol. The van der Waals surface area contributed by atoms with E-state index in [4.69, 9.17) is 0 Å². The molecular formula is C9H9N3S. The number of thioether (sulfide) groups is 1. The molecule has 3 nitrogen and oxygen atoms in total. The molecule has 0 spiro atoms. The number of aryl methyl sites for hydroxylation is 1. The Labute approximate surface area is 80.6 Å². The number of pyridine rings is 1. The summed E-state index contributed by atoms with van der Waals surface area (Å²) in [5, 5.41) is 1.87. The Balaban J connectivity index is 2.72. The van der Waals surface area contributed by atoms with Crippen LogP contribution in [0.4, 0.5) is 0 Å². The number of rotatable bonds is 1. The lowest BCUT2D eigenvalue weighted by atomic mass is 10.2. The molecule has 0 fully saturated rings. The third-order valence-corrected chi connectivity index (χ3v) is 2.43. The van der Waals surface area contributed by atoms with Gasteiger partial charge in [0.25, 0.3) is 0 Å². The second-order valence-corrected chi connectivity index (χ2v) is 3.52. The Morgan fingerprint density at radius 3 is 2.85 bits per heavy atom. The molecule has 0 aliphatic carbocycles. The van der Waals surface area contributed by atoms with E-state index in [0.717, 1.165) is 21.6 Å². The first kappa shape index (κ1) is 8.44. The van der Waals surface area contributed by atoms with E-state index < -0.39 is 0 Å². The monoisotopic (exact) mass is 191 g/mol. The zero-order valence-corrected chi connectivity index (χ0v) is 8.30. The van der Waals surface area contributed by atoms with Crippen LogP contribution in [0.2, 0.25) is 0 Å². The fourth-order valence-electron chi connectivity index (χ4n) is 1.17. The predicted molar refractivity (Wildman–Crippen MR) is 53.9 cm³/mol. The van der Waals surface area contributed by atoms with Gasteiger partial charge in [0, 0.05) is 17.8 Å². The summed E-state index contributed by atoms with van der Waals surface area (Å²) < 4.78 is 0. The van der Waals surface area contributed by atoms with E-state index in [2.05, 4.69) is 15.0 Å². The quantitative estimate of drug-likeness (QED) is 0.511. The second-order valence-electron chi connectivity index (χ2n) is 2.75. The van der Waals surface area contributed by atoms with Gasteiger partial charge in [-0.3, -0.25) is 4.98 Å². The fourth-order valence-corrected chi connectivity index (χ4v) is 1.52. The third kappa shape index (κ3) is 1.49. The number of aromatic nitrogens is 3. The van der Waals surface area contributed by atoms with Crippen LogP contribution in [0.5, 0.6) is 0 Å². The van der Waals surface area contributed by atoms with E-state index in [1.807, 2.05) is 25.6 Å². The van der Waals surface area contributed by atoms with Gasteiger partial charge in [-0.15, -0.1) is 0 Å². The molecule has 13 heavy (non-hydrogen) atoms. The van der Waals surface area contributed by atoms with Gasteiger partial charge in [-0.25, -0.2) is 9.97 Å². The predicted octanol–water partition coefficient (Wildman–Crippen LogP) is 2.06. The van der Waals surface area contributed by atoms with E-state index in [-0.39, 0.29) is 0 Å². The van der Waals surface area contributed by atoms with Crippen molar-refractivity contribution < 1.29 is 0 Å². The van der Waals surface area contributed by atoms with E-state index >= 15 is 0 Å². The van der Waals surface area contributed by atoms with Crippen molar-refractivity contribution in [1.82, 2.24) is 15.0 Å². The number of fused-ring (bicyclic) bond motifs is 1. The van der Waals surface area contributed by atoms with Gasteiger partial charge in [-0.05, 0) is 18.7 Å². The van der Waals surface area contributed by atoms with Gasteiger partial charge >= 0.3 is 0 Å². The van der Waals surface area contributed by atoms with Gasteiger partial charge in [-0.1, -0.05) is 11.8 Å². The van der Waals surface area contributed by atoms with E-state index in [9.17, 15) is 0 Å². The molecule has 0 atom stereocenters. The lowest BCUT2D eigenvalue weighted by Crippen LogP contribution is -1.89. The molecule has 0 aliphatic heterocycles. The van der Waals surface area contributed by atoms with Gasteiger partial charge in [-0.2, -0.15) is 0 Å². The first-order chi connectivity index (χ1) is 6.31. The van der Waals surface area contributed by atoms with Crippen LogP contribution in [-0.4, -0.2) is 21.2 Å². The summed E-state index contributed by atoms with van der Waals surface area (Å²) in [6.45, 7) is 2.01. The SMILES string of the molecule is CSc1ncc2c(C)cncc2n1. The zero-order chi connectivity index (χ0) is 9.26. The van der Waals surface area contributed by atoms with Gasteiger partial charge in [0.15, 0.2) is 5.16 Å². The van der Waals surface area contributed by atoms with Crippen LogP contribution in [0.25, 0.3) is 10.9 Å². The summed E-state index contributed by atoms with van der Waals surface area (Å²) in [5.74, 6) is 0. The molecule has 0 amide bonds. The van der Waals surface area contributed by atoms with Crippen LogP contribution in [0, 0.1) is 6.92 Å². The fraction of sp³-hybridized carbons (Fsp3) is 0.222. The Bertz CT molecular complexity index is 442. The average Bonchev–Trinajstić information content (AvgIpc) is 2.18. The average molecular weight is 191 g/mol. The van der Waals surface area contributed by atoms with Gasteiger partial charge in [0.2, 0.25) is 0 Å². The van der Waals surface area contributed by atoms with Gasteiger partial charge in [0.05, 0.1) is 11.7 Å². The van der Waals surface area contributed by atoms with Gasteiger partial charge in [0.1, 0.15) is 0 Å². The molecule has 2 aromatic rings. The number of nitrogens with zero attached hydrogens (tertiary/aromatic N) is 3. The van der Waals surface area contributed by atoms with Crippen molar-refractivity contribution in [3.63, 3.8) is 0 Å². The van der Waals surface area contributed by atoms with Crippen LogP contribution in [0.1, 0.15) is 5.56 Å². The highest BCUT2D eigenvalue weighted by Crippen LogP contribution is 2.16. The van der Waals surface area contributed by atoms with Crippen molar-refractivity contribution in [2.75, 3.05) is 6.26 Å². The van der Waals surface area contributed by atoms with Crippen molar-refractivity contribution in [2.24, 2.45) is 0 Å². The molecule has 2 rings (SSSR count). The van der Waals surface area contributed by atoms with Crippen LogP contribution >= 0.6 is 11.8 Å². The zero-order valence-electron chi connectivity index (χ0n) is 7.48. The largest absolute Gasteiger partial charge is 0.262 e. The molecule has 0 saturated heterocycles. The minimum absolute atomic E-state index is 0.792. The van der Waals surface area contributed by atoms with Crippen molar-refractivity contribution in [3.8, 4) is 0 Å². The maximum absolute atomic E-state index is 4.34. The third-order valence-electron chi connectivity index (χ3n) is 1.87. The van der Waals surface area contributed by atoms with Crippen molar-refractivity contribution in [3.05, 3.63) is 24.2 Å². The minimum Gasteiger partial charge on any atom is -0.262 e. The summed E-state index contributed by atoms with van der Waals surface area (Å²) in [5.41, 5.74) is 2.03. The Kier molecular flexibility index (Phi) is 2.14. The second kappa shape index (κ2) is 3.30. The summed E-state index contributed by atoms with van der Waals surface area (Å²) in [6.07, 6.45) is 7.41. The maximum Gasteiger partial charge on any atom is 0.187 e. The first-order valence-electron chi connectivity index (χ1n) is 3.92. The number of hydrogen-bond acceptors (Lipinski definition) is 4. The molecule has 2 heterocycles. The van der Waals surface area contributed by atoms with Crippen LogP contribution in [0.3, 0.4) is 0 Å². The first-order valence-corrected chi connectivity index (χ1v) is 5.15. The highest BCUT2D eigenvalue weighted by molar-refractivity contribution is 7.98. The molecule has 0 unspecified atom stereocenters. The summed E-state index contributed by atoms with van der Waals surface area (Å²) >= 11 is 1.54. The number of hydrogen-bond donors (Lipinski definition) is 0. The van der Waals surface area contributed by atoms with Crippen molar-refractivity contribution >= 4 is 22.7 Å². The van der Waals surface area contributed by atoms with E-state index in [1.54, 1.807) is 6.20 Å². The van der Waals surface area contributed by atoms with E-state index in [1.165, 1.54) is 11.8 Å². The molecule has 2 aromatic heterocycles. The molecule has 0 aliphatic rings. The Morgan fingerprint density at radius 1 is 1.23 bits per heavy atom. The van der Waals surface area contributed by atoms with Gasteiger partial charge < -0.3 is 0 Å². The summed E-state index contributed by atoms with van der Waals surface area (Å²) in [4.78, 5) is 12.6. The van der Waals surface area contributed by atoms with Crippen LogP contribution in [0.15, 0.2) is 23.7 Å². The highest BCUT2D eigenvalue weighted by Gasteiger charge is 2.00. The molecule has 0 N–H and O–H groups in total. The Hall–Kier alpha value is -1.16. The molecule has 66 valence electrons. The van der Waals surface area contributed by atoms with Crippen LogP contribution < -0.4 is 0 Å². The lowest BCUT2D eigenvalue weighted by molar-refractivity contribution is 1.00. The smallest absolute Gasteiger partial charge is 0.187 e.